The Labute approximate surface area is 155 Å². The van der Waals surface area contributed by atoms with E-state index < -0.39 is 0 Å². The van der Waals surface area contributed by atoms with Crippen molar-refractivity contribution in [3.05, 3.63) is 60.1 Å². The standard InChI is InChI=1S/C19H18FN5O2/c20-15-3-1-2-13(10-15)11-17(26)25-8-4-14(5-9-25)18-23-19(27-24-18)16-12-21-6-7-22-16/h1-3,6-7,10,12,14H,4-5,8-9,11H2. The van der Waals surface area contributed by atoms with Crippen molar-refractivity contribution in [1.29, 1.82) is 0 Å². The number of nitrogens with zero attached hydrogens (tertiary/aromatic N) is 5. The van der Waals surface area contributed by atoms with Gasteiger partial charge in [0.05, 0.1) is 12.6 Å². The molecule has 0 radical (unpaired) electrons. The number of hydrogen-bond donors (Lipinski definition) is 0. The normalized spacial score (nSPS) is 15.1. The van der Waals surface area contributed by atoms with Gasteiger partial charge in [0.1, 0.15) is 11.5 Å². The van der Waals surface area contributed by atoms with Crippen molar-refractivity contribution in [3.63, 3.8) is 0 Å². The van der Waals surface area contributed by atoms with Gasteiger partial charge in [0.2, 0.25) is 5.91 Å². The van der Waals surface area contributed by atoms with Gasteiger partial charge in [-0.15, -0.1) is 0 Å². The Kier molecular flexibility index (Phi) is 4.86. The lowest BCUT2D eigenvalue weighted by Gasteiger charge is -2.30. The predicted octanol–water partition coefficient (Wildman–Crippen LogP) is 2.61. The largest absolute Gasteiger partial charge is 0.342 e. The number of amides is 1. The zero-order valence-corrected chi connectivity index (χ0v) is 14.6. The smallest absolute Gasteiger partial charge is 0.278 e. The molecular formula is C19H18FN5O2. The van der Waals surface area contributed by atoms with E-state index in [1.807, 2.05) is 4.90 Å². The van der Waals surface area contributed by atoms with E-state index in [9.17, 15) is 9.18 Å². The number of carbonyl (C=O) groups is 1. The van der Waals surface area contributed by atoms with Crippen LogP contribution < -0.4 is 0 Å². The van der Waals surface area contributed by atoms with Gasteiger partial charge in [-0.05, 0) is 30.5 Å². The highest BCUT2D eigenvalue weighted by Crippen LogP contribution is 2.27. The highest BCUT2D eigenvalue weighted by Gasteiger charge is 2.27. The molecule has 0 bridgehead atoms. The van der Waals surface area contributed by atoms with Crippen LogP contribution in [0.25, 0.3) is 11.6 Å². The molecule has 2 aromatic heterocycles. The van der Waals surface area contributed by atoms with Crippen LogP contribution in [0.3, 0.4) is 0 Å². The molecule has 0 saturated carbocycles. The molecule has 3 heterocycles. The van der Waals surface area contributed by atoms with Crippen molar-refractivity contribution in [1.82, 2.24) is 25.0 Å². The minimum absolute atomic E-state index is 0.00686. The first-order valence-electron chi connectivity index (χ1n) is 8.81. The van der Waals surface area contributed by atoms with E-state index in [0.29, 0.717) is 36.1 Å². The van der Waals surface area contributed by atoms with Gasteiger partial charge in [-0.1, -0.05) is 17.3 Å². The number of aromatic nitrogens is 4. The zero-order chi connectivity index (χ0) is 18.6. The summed E-state index contributed by atoms with van der Waals surface area (Å²) >= 11 is 0. The van der Waals surface area contributed by atoms with Crippen LogP contribution in [0.4, 0.5) is 4.39 Å². The second-order valence-electron chi connectivity index (χ2n) is 6.51. The summed E-state index contributed by atoms with van der Waals surface area (Å²) in [5.41, 5.74) is 1.23. The second-order valence-corrected chi connectivity index (χ2v) is 6.51. The van der Waals surface area contributed by atoms with Crippen LogP contribution in [0.1, 0.15) is 30.1 Å². The third kappa shape index (κ3) is 3.99. The number of piperidine rings is 1. The number of hydrogen-bond acceptors (Lipinski definition) is 6. The van der Waals surface area contributed by atoms with Crippen LogP contribution >= 0.6 is 0 Å². The molecule has 27 heavy (non-hydrogen) atoms. The van der Waals surface area contributed by atoms with Crippen LogP contribution in [0.2, 0.25) is 0 Å². The molecular weight excluding hydrogens is 349 g/mol. The summed E-state index contributed by atoms with van der Waals surface area (Å²) in [6.07, 6.45) is 6.45. The van der Waals surface area contributed by atoms with Crippen LogP contribution in [0.15, 0.2) is 47.4 Å². The van der Waals surface area contributed by atoms with E-state index in [-0.39, 0.29) is 24.1 Å². The maximum Gasteiger partial charge on any atom is 0.278 e. The molecule has 1 fully saturated rings. The number of carbonyl (C=O) groups excluding carboxylic acids is 1. The average Bonchev–Trinajstić information content (AvgIpc) is 3.19. The van der Waals surface area contributed by atoms with Crippen LogP contribution in [-0.4, -0.2) is 44.0 Å². The van der Waals surface area contributed by atoms with E-state index in [0.717, 1.165) is 12.8 Å². The zero-order valence-electron chi connectivity index (χ0n) is 14.6. The Balaban J connectivity index is 1.35. The SMILES string of the molecule is O=C(Cc1cccc(F)c1)N1CCC(c2noc(-c3cnccn3)n2)CC1. The fourth-order valence-corrected chi connectivity index (χ4v) is 3.23. The van der Waals surface area contributed by atoms with Gasteiger partial charge in [0.25, 0.3) is 5.89 Å². The van der Waals surface area contributed by atoms with Crippen molar-refractivity contribution in [3.8, 4) is 11.6 Å². The molecule has 4 rings (SSSR count). The van der Waals surface area contributed by atoms with Gasteiger partial charge >= 0.3 is 0 Å². The molecule has 1 saturated heterocycles. The second kappa shape index (κ2) is 7.61. The van der Waals surface area contributed by atoms with Crippen LogP contribution in [-0.2, 0) is 11.2 Å². The lowest BCUT2D eigenvalue weighted by molar-refractivity contribution is -0.131. The van der Waals surface area contributed by atoms with Crippen molar-refractivity contribution >= 4 is 5.91 Å². The molecule has 1 aromatic carbocycles. The molecule has 0 atom stereocenters. The van der Waals surface area contributed by atoms with Gasteiger partial charge in [-0.2, -0.15) is 4.98 Å². The lowest BCUT2D eigenvalue weighted by Crippen LogP contribution is -2.39. The highest BCUT2D eigenvalue weighted by atomic mass is 19.1. The van der Waals surface area contributed by atoms with Crippen LogP contribution in [0, 0.1) is 5.82 Å². The maximum atomic E-state index is 13.3. The van der Waals surface area contributed by atoms with E-state index in [1.165, 1.54) is 12.1 Å². The quantitative estimate of drug-likeness (QED) is 0.705. The molecule has 0 spiro atoms. The molecule has 138 valence electrons. The fourth-order valence-electron chi connectivity index (χ4n) is 3.23. The van der Waals surface area contributed by atoms with E-state index in [4.69, 9.17) is 4.52 Å². The summed E-state index contributed by atoms with van der Waals surface area (Å²) in [5.74, 6) is 0.801. The minimum Gasteiger partial charge on any atom is -0.342 e. The molecule has 0 N–H and O–H groups in total. The summed E-state index contributed by atoms with van der Waals surface area (Å²) in [6, 6.07) is 6.16. The molecule has 1 amide bonds. The summed E-state index contributed by atoms with van der Waals surface area (Å²) in [5, 5.41) is 4.06. The highest BCUT2D eigenvalue weighted by molar-refractivity contribution is 5.78. The van der Waals surface area contributed by atoms with Gasteiger partial charge in [0, 0.05) is 31.4 Å². The first-order chi connectivity index (χ1) is 13.2. The lowest BCUT2D eigenvalue weighted by atomic mass is 9.95. The van der Waals surface area contributed by atoms with Gasteiger partial charge < -0.3 is 9.42 Å². The number of halogens is 1. The van der Waals surface area contributed by atoms with E-state index in [1.54, 1.807) is 30.7 Å². The number of rotatable bonds is 4. The number of benzene rings is 1. The minimum atomic E-state index is -0.324. The molecule has 1 aliphatic rings. The summed E-state index contributed by atoms with van der Waals surface area (Å²) in [4.78, 5) is 26.8. The van der Waals surface area contributed by atoms with Gasteiger partial charge in [0.15, 0.2) is 5.82 Å². The molecule has 0 unspecified atom stereocenters. The topological polar surface area (TPSA) is 85.0 Å². The monoisotopic (exact) mass is 367 g/mol. The Hall–Kier alpha value is -3.16. The summed E-state index contributed by atoms with van der Waals surface area (Å²) in [6.45, 7) is 1.24. The van der Waals surface area contributed by atoms with Crippen molar-refractivity contribution < 1.29 is 13.7 Å². The molecule has 0 aliphatic carbocycles. The first kappa shape index (κ1) is 17.3. The van der Waals surface area contributed by atoms with Crippen molar-refractivity contribution in [2.45, 2.75) is 25.2 Å². The van der Waals surface area contributed by atoms with Gasteiger partial charge in [-0.3, -0.25) is 9.78 Å². The third-order valence-electron chi connectivity index (χ3n) is 4.68. The summed E-state index contributed by atoms with van der Waals surface area (Å²) < 4.78 is 18.6. The number of likely N-dealkylation sites (tertiary alicyclic amines) is 1. The average molecular weight is 367 g/mol. The Morgan fingerprint density at radius 1 is 1.26 bits per heavy atom. The van der Waals surface area contributed by atoms with Crippen molar-refractivity contribution in [2.24, 2.45) is 0 Å². The Morgan fingerprint density at radius 2 is 2.11 bits per heavy atom. The fraction of sp³-hybridized carbons (Fsp3) is 0.316. The van der Waals surface area contributed by atoms with Crippen LogP contribution in [0.5, 0.6) is 0 Å². The molecule has 1 aliphatic heterocycles. The van der Waals surface area contributed by atoms with Crippen molar-refractivity contribution in [2.75, 3.05) is 13.1 Å². The molecule has 8 heteroatoms. The predicted molar refractivity (Wildman–Crippen MR) is 94.0 cm³/mol. The van der Waals surface area contributed by atoms with Gasteiger partial charge in [-0.25, -0.2) is 9.37 Å². The van der Waals surface area contributed by atoms with E-state index >= 15 is 0 Å². The summed E-state index contributed by atoms with van der Waals surface area (Å²) in [7, 11) is 0. The third-order valence-corrected chi connectivity index (χ3v) is 4.68. The molecule has 3 aromatic rings. The molecule has 7 nitrogen and oxygen atoms in total. The maximum absolute atomic E-state index is 13.3. The Bertz CT molecular complexity index is 923. The Morgan fingerprint density at radius 3 is 2.85 bits per heavy atom. The first-order valence-corrected chi connectivity index (χ1v) is 8.81. The van der Waals surface area contributed by atoms with E-state index in [2.05, 4.69) is 20.1 Å².